The third kappa shape index (κ3) is 6.58. The summed E-state index contributed by atoms with van der Waals surface area (Å²) in [5, 5.41) is 2.39. The van der Waals surface area contributed by atoms with Gasteiger partial charge in [-0.1, -0.05) is 39.0 Å². The minimum atomic E-state index is 0. The van der Waals surface area contributed by atoms with Gasteiger partial charge in [-0.3, -0.25) is 0 Å². The number of rotatable bonds is 0. The maximum atomic E-state index is 3.80. The van der Waals surface area contributed by atoms with E-state index < -0.39 is 0 Å². The molecule has 22 heavy (non-hydrogen) atoms. The van der Waals surface area contributed by atoms with E-state index in [-0.39, 0.29) is 51.9 Å². The fourth-order valence-corrected chi connectivity index (χ4v) is 1.86. The van der Waals surface area contributed by atoms with E-state index in [2.05, 4.69) is 56.7 Å². The van der Waals surface area contributed by atoms with Gasteiger partial charge in [0.1, 0.15) is 0 Å². The Labute approximate surface area is 160 Å². The molecule has 0 fully saturated rings. The molecule has 0 radical (unpaired) electrons. The second-order valence-corrected chi connectivity index (χ2v) is 5.65. The van der Waals surface area contributed by atoms with Gasteiger partial charge in [-0.2, -0.15) is 18.8 Å². The topological polar surface area (TPSA) is 15.8 Å². The van der Waals surface area contributed by atoms with E-state index in [9.17, 15) is 0 Å². The van der Waals surface area contributed by atoms with Crippen molar-refractivity contribution < 1.29 is 46.5 Å². The normalized spacial score (nSPS) is 11.1. The van der Waals surface area contributed by atoms with E-state index in [1.165, 1.54) is 10.8 Å². The number of allylic oxidation sites excluding steroid dienone is 1. The Balaban J connectivity index is 0. The van der Waals surface area contributed by atoms with Crippen molar-refractivity contribution in [3.05, 3.63) is 70.9 Å². The molecule has 0 saturated heterocycles. The first-order valence-corrected chi connectivity index (χ1v) is 6.42. The molecule has 0 saturated carbocycles. The number of hydrogen-bond donors (Lipinski definition) is 1. The van der Waals surface area contributed by atoms with Gasteiger partial charge in [0.15, 0.2) is 0 Å². The summed E-state index contributed by atoms with van der Waals surface area (Å²) < 4.78 is 0. The van der Waals surface area contributed by atoms with Gasteiger partial charge in [0.25, 0.3) is 0 Å². The van der Waals surface area contributed by atoms with Crippen LogP contribution in [0.25, 0.3) is 12.2 Å². The number of fused-ring (bicyclic) bond motifs is 1. The Hall–Kier alpha value is -0.726. The molecule has 1 N–H and O–H groups in total. The predicted molar refractivity (Wildman–Crippen MR) is 81.0 cm³/mol. The zero-order chi connectivity index (χ0) is 13.9. The van der Waals surface area contributed by atoms with Gasteiger partial charge >= 0.3 is 21.7 Å². The van der Waals surface area contributed by atoms with Crippen molar-refractivity contribution in [2.75, 3.05) is 0 Å². The summed E-state index contributed by atoms with van der Waals surface area (Å²) in [5.74, 6) is 0. The van der Waals surface area contributed by atoms with E-state index in [0.717, 1.165) is 10.8 Å². The number of benzene rings is 1. The predicted octanol–water partition coefficient (Wildman–Crippen LogP) is -3.19. The van der Waals surface area contributed by atoms with Crippen LogP contribution in [0.2, 0.25) is 0 Å². The second-order valence-electron chi connectivity index (χ2n) is 5.65. The molecule has 0 amide bonds. The third-order valence-corrected chi connectivity index (χ3v) is 2.93. The van der Waals surface area contributed by atoms with Gasteiger partial charge in [-0.25, -0.2) is 0 Å². The van der Waals surface area contributed by atoms with E-state index in [1.807, 2.05) is 30.5 Å². The van der Waals surface area contributed by atoms with Crippen molar-refractivity contribution in [3.8, 4) is 0 Å². The van der Waals surface area contributed by atoms with Crippen molar-refractivity contribution in [1.29, 1.82) is 0 Å². The molecule has 0 unspecified atom stereocenters. The Morgan fingerprint density at radius 2 is 1.68 bits per heavy atom. The first kappa shape index (κ1) is 23.5. The largest absolute Gasteiger partial charge is 4.00 e. The van der Waals surface area contributed by atoms with Crippen LogP contribution in [0.5, 0.6) is 0 Å². The fourth-order valence-electron chi connectivity index (χ4n) is 1.86. The van der Waals surface area contributed by atoms with Gasteiger partial charge in [0.05, 0.1) is 0 Å². The first-order valence-electron chi connectivity index (χ1n) is 6.42. The maximum absolute atomic E-state index is 3.80. The van der Waals surface area contributed by atoms with Crippen LogP contribution in [0, 0.1) is 6.20 Å². The Morgan fingerprint density at radius 3 is 2.14 bits per heavy atom. The average Bonchev–Trinajstić information content (AvgIpc) is 2.96. The number of aromatic amines is 1. The molecule has 1 nitrogen and oxygen atoms in total. The number of nitrogens with one attached hydrogen (secondary N) is 1. The quantitative estimate of drug-likeness (QED) is 0.373. The second kappa shape index (κ2) is 10.1. The molecule has 1 aliphatic carbocycles. The molecule has 4 heteroatoms. The van der Waals surface area contributed by atoms with Gasteiger partial charge in [0, 0.05) is 0 Å². The monoisotopic (exact) mass is 367 g/mol. The zero-order valence-electron chi connectivity index (χ0n) is 13.0. The van der Waals surface area contributed by atoms with Gasteiger partial charge in [-0.15, -0.1) is 46.0 Å². The average molecular weight is 368 g/mol. The van der Waals surface area contributed by atoms with E-state index in [4.69, 9.17) is 0 Å². The van der Waals surface area contributed by atoms with Gasteiger partial charge in [-0.05, 0) is 5.41 Å². The van der Waals surface area contributed by atoms with E-state index >= 15 is 0 Å². The molecule has 0 bridgehead atoms. The van der Waals surface area contributed by atoms with Crippen LogP contribution in [0.3, 0.4) is 0 Å². The van der Waals surface area contributed by atoms with Crippen LogP contribution in [-0.4, -0.2) is 4.98 Å². The summed E-state index contributed by atoms with van der Waals surface area (Å²) in [6.07, 6.45) is 10.1. The van der Waals surface area contributed by atoms with E-state index in [0.29, 0.717) is 0 Å². The van der Waals surface area contributed by atoms with Crippen LogP contribution in [0.15, 0.2) is 48.7 Å². The van der Waals surface area contributed by atoms with Gasteiger partial charge < -0.3 is 29.8 Å². The molecular formula is C18H19Cl2NTi. The Morgan fingerprint density at radius 1 is 1.05 bits per heavy atom. The summed E-state index contributed by atoms with van der Waals surface area (Å²) >= 11 is 0. The molecule has 0 aliphatic heterocycles. The SMILES string of the molecule is C=C1[C-]=c2ccccc2=C1.CC(C)(C)c1[c-][nH]cc1.[Cl-].[Cl-].[Ti+4]. The molecule has 1 heterocycles. The van der Waals surface area contributed by atoms with Crippen LogP contribution in [-0.2, 0) is 27.1 Å². The Kier molecular flexibility index (Phi) is 10.8. The molecule has 114 valence electrons. The molecule has 1 aliphatic rings. The molecule has 0 atom stereocenters. The third-order valence-electron chi connectivity index (χ3n) is 2.93. The van der Waals surface area contributed by atoms with Crippen molar-refractivity contribution in [2.45, 2.75) is 26.2 Å². The van der Waals surface area contributed by atoms with Crippen molar-refractivity contribution >= 4 is 12.2 Å². The minimum Gasteiger partial charge on any atom is -1.00 e. The zero-order valence-corrected chi connectivity index (χ0v) is 16.1. The molecular weight excluding hydrogens is 349 g/mol. The summed E-state index contributed by atoms with van der Waals surface area (Å²) in [6, 6.07) is 10.2. The van der Waals surface area contributed by atoms with Crippen molar-refractivity contribution in [2.24, 2.45) is 0 Å². The van der Waals surface area contributed by atoms with Crippen LogP contribution >= 0.6 is 0 Å². The first-order chi connectivity index (χ1) is 8.97. The summed E-state index contributed by atoms with van der Waals surface area (Å²) in [6.45, 7) is 10.3. The summed E-state index contributed by atoms with van der Waals surface area (Å²) in [7, 11) is 0. The Bertz CT molecular complexity index is 646. The van der Waals surface area contributed by atoms with Gasteiger partial charge in [0.2, 0.25) is 0 Å². The number of H-pyrrole nitrogens is 1. The van der Waals surface area contributed by atoms with Crippen LogP contribution in [0.4, 0.5) is 0 Å². The fraction of sp³-hybridized carbons (Fsp3) is 0.222. The summed E-state index contributed by atoms with van der Waals surface area (Å²) in [4.78, 5) is 2.91. The van der Waals surface area contributed by atoms with Crippen molar-refractivity contribution in [3.63, 3.8) is 0 Å². The smallest absolute Gasteiger partial charge is 1.00 e. The summed E-state index contributed by atoms with van der Waals surface area (Å²) in [5.41, 5.74) is 2.45. The molecule has 3 rings (SSSR count). The van der Waals surface area contributed by atoms with Crippen molar-refractivity contribution in [1.82, 2.24) is 4.98 Å². The number of halogens is 2. The molecule has 2 aromatic rings. The number of aromatic nitrogens is 1. The van der Waals surface area contributed by atoms with Crippen LogP contribution in [0.1, 0.15) is 26.3 Å². The van der Waals surface area contributed by atoms with Crippen LogP contribution < -0.4 is 35.3 Å². The standard InChI is InChI=1S/C10H7.C8H12N.2ClH.Ti/c1-8-6-9-4-2-3-5-10(9)7-8;1-8(2,3)7-4-5-9-6-7;;;/h2-6H,1H2;4-5,9H,1-3H3;2*1H;/q2*-1;;;+4/p-2. The number of hydrogen-bond acceptors (Lipinski definition) is 0. The minimum absolute atomic E-state index is 0. The molecule has 1 aromatic heterocycles. The van der Waals surface area contributed by atoms with E-state index in [1.54, 1.807) is 0 Å². The maximum Gasteiger partial charge on any atom is 4.00 e. The molecule has 0 spiro atoms. The molecule has 1 aromatic carbocycles.